The molecule has 1 aliphatic carbocycles. The van der Waals surface area contributed by atoms with Gasteiger partial charge in [0.15, 0.2) is 0 Å². The van der Waals surface area contributed by atoms with Crippen LogP contribution in [0.5, 0.6) is 0 Å². The normalized spacial score (nSPS) is 30.7. The fourth-order valence-corrected chi connectivity index (χ4v) is 2.75. The second-order valence-corrected chi connectivity index (χ2v) is 4.62. The van der Waals surface area contributed by atoms with Crippen molar-refractivity contribution in [3.8, 4) is 0 Å². The fourth-order valence-electron chi connectivity index (χ4n) is 2.75. The first-order valence-corrected chi connectivity index (χ1v) is 5.70. The van der Waals surface area contributed by atoms with E-state index in [-0.39, 0.29) is 6.10 Å². The molecule has 0 aromatic heterocycles. The van der Waals surface area contributed by atoms with Crippen LogP contribution in [0.25, 0.3) is 0 Å². The van der Waals surface area contributed by atoms with Crippen LogP contribution in [0.1, 0.15) is 23.5 Å². The summed E-state index contributed by atoms with van der Waals surface area (Å²) in [6.45, 7) is 1.55. The van der Waals surface area contributed by atoms with Gasteiger partial charge in [0, 0.05) is 18.4 Å². The summed E-state index contributed by atoms with van der Waals surface area (Å²) in [5.41, 5.74) is 2.75. The van der Waals surface area contributed by atoms with Crippen LogP contribution in [0.4, 0.5) is 0 Å². The topological polar surface area (TPSA) is 29.5 Å². The first-order chi connectivity index (χ1) is 7.36. The Hall–Kier alpha value is -0.860. The zero-order valence-electron chi connectivity index (χ0n) is 8.73. The Morgan fingerprint density at radius 1 is 1.33 bits per heavy atom. The molecule has 0 amide bonds. The third kappa shape index (κ3) is 1.48. The monoisotopic (exact) mass is 204 g/mol. The van der Waals surface area contributed by atoms with E-state index in [1.807, 2.05) is 0 Å². The number of rotatable bonds is 2. The second-order valence-electron chi connectivity index (χ2n) is 4.62. The van der Waals surface area contributed by atoms with Crippen molar-refractivity contribution in [3.63, 3.8) is 0 Å². The van der Waals surface area contributed by atoms with Crippen molar-refractivity contribution in [2.75, 3.05) is 13.2 Å². The van der Waals surface area contributed by atoms with Gasteiger partial charge >= 0.3 is 0 Å². The molecule has 2 heteroatoms. The number of hydrogen-bond donors (Lipinski definition) is 1. The highest BCUT2D eigenvalue weighted by Crippen LogP contribution is 2.40. The highest BCUT2D eigenvalue weighted by Gasteiger charge is 2.37. The van der Waals surface area contributed by atoms with E-state index in [9.17, 15) is 5.11 Å². The molecule has 15 heavy (non-hydrogen) atoms. The molecule has 0 radical (unpaired) electrons. The largest absolute Gasteiger partial charge is 0.392 e. The van der Waals surface area contributed by atoms with Gasteiger partial charge in [0.2, 0.25) is 0 Å². The maximum absolute atomic E-state index is 10.2. The van der Waals surface area contributed by atoms with Crippen molar-refractivity contribution in [1.29, 1.82) is 0 Å². The van der Waals surface area contributed by atoms with Crippen LogP contribution in [-0.4, -0.2) is 24.4 Å². The average Bonchev–Trinajstić information content (AvgIpc) is 2.72. The van der Waals surface area contributed by atoms with Crippen molar-refractivity contribution in [2.24, 2.45) is 5.92 Å². The molecular weight excluding hydrogens is 188 g/mol. The fraction of sp³-hybridized carbons (Fsp3) is 0.538. The molecule has 2 nitrogen and oxygen atoms in total. The van der Waals surface area contributed by atoms with Crippen LogP contribution in [0.2, 0.25) is 0 Å². The maximum atomic E-state index is 10.2. The Labute approximate surface area is 89.9 Å². The standard InChI is InChI=1S/C13H16O2/c14-13(10-5-6-15-8-10)12-7-9-3-1-2-4-11(9)12/h1-4,10,12-14H,5-8H2. The van der Waals surface area contributed by atoms with E-state index in [4.69, 9.17) is 4.74 Å². The molecule has 1 heterocycles. The smallest absolute Gasteiger partial charge is 0.0662 e. The summed E-state index contributed by atoms with van der Waals surface area (Å²) in [6, 6.07) is 8.43. The molecule has 80 valence electrons. The van der Waals surface area contributed by atoms with Crippen molar-refractivity contribution in [1.82, 2.24) is 0 Å². The number of benzene rings is 1. The van der Waals surface area contributed by atoms with E-state index in [1.54, 1.807) is 0 Å². The van der Waals surface area contributed by atoms with Crippen LogP contribution in [0.3, 0.4) is 0 Å². The van der Waals surface area contributed by atoms with Gasteiger partial charge in [-0.1, -0.05) is 24.3 Å². The van der Waals surface area contributed by atoms with Crippen molar-refractivity contribution in [3.05, 3.63) is 35.4 Å². The summed E-state index contributed by atoms with van der Waals surface area (Å²) in [4.78, 5) is 0. The SMILES string of the molecule is OC(C1CCOC1)C1Cc2ccccc21. The Balaban J connectivity index is 1.75. The molecule has 3 rings (SSSR count). The Morgan fingerprint density at radius 3 is 2.93 bits per heavy atom. The lowest BCUT2D eigenvalue weighted by molar-refractivity contribution is 0.0625. The molecule has 1 aliphatic heterocycles. The van der Waals surface area contributed by atoms with E-state index in [0.717, 1.165) is 26.1 Å². The molecule has 0 bridgehead atoms. The Morgan fingerprint density at radius 2 is 2.20 bits per heavy atom. The summed E-state index contributed by atoms with van der Waals surface area (Å²) in [5.74, 6) is 0.705. The van der Waals surface area contributed by atoms with Gasteiger partial charge in [0.05, 0.1) is 12.7 Å². The lowest BCUT2D eigenvalue weighted by atomic mass is 9.71. The highest BCUT2D eigenvalue weighted by molar-refractivity contribution is 5.40. The quantitative estimate of drug-likeness (QED) is 0.795. The van der Waals surface area contributed by atoms with E-state index in [2.05, 4.69) is 24.3 Å². The molecule has 1 fully saturated rings. The zero-order chi connectivity index (χ0) is 10.3. The summed E-state index contributed by atoms with van der Waals surface area (Å²) in [7, 11) is 0. The molecule has 3 unspecified atom stereocenters. The second kappa shape index (κ2) is 3.62. The molecular formula is C13H16O2. The van der Waals surface area contributed by atoms with Gasteiger partial charge < -0.3 is 9.84 Å². The lowest BCUT2D eigenvalue weighted by Crippen LogP contribution is -2.34. The van der Waals surface area contributed by atoms with E-state index < -0.39 is 0 Å². The number of aliphatic hydroxyl groups excluding tert-OH is 1. The molecule has 1 N–H and O–H groups in total. The number of fused-ring (bicyclic) bond motifs is 1. The number of hydrogen-bond acceptors (Lipinski definition) is 2. The summed E-state index contributed by atoms with van der Waals surface area (Å²) in [5, 5.41) is 10.2. The predicted molar refractivity (Wildman–Crippen MR) is 57.8 cm³/mol. The van der Waals surface area contributed by atoms with Gasteiger partial charge in [0.25, 0.3) is 0 Å². The van der Waals surface area contributed by atoms with Crippen LogP contribution >= 0.6 is 0 Å². The number of ether oxygens (including phenoxy) is 1. The van der Waals surface area contributed by atoms with Crippen LogP contribution in [0.15, 0.2) is 24.3 Å². The molecule has 1 saturated heterocycles. The first kappa shape index (κ1) is 9.37. The van der Waals surface area contributed by atoms with Gasteiger partial charge in [-0.05, 0) is 24.0 Å². The lowest BCUT2D eigenvalue weighted by Gasteiger charge is -2.36. The number of aliphatic hydroxyl groups is 1. The average molecular weight is 204 g/mol. The van der Waals surface area contributed by atoms with Gasteiger partial charge in [-0.3, -0.25) is 0 Å². The van der Waals surface area contributed by atoms with Gasteiger partial charge in [-0.15, -0.1) is 0 Å². The Bertz CT molecular complexity index is 355. The van der Waals surface area contributed by atoms with Gasteiger partial charge in [-0.25, -0.2) is 0 Å². The minimum absolute atomic E-state index is 0.206. The molecule has 0 saturated carbocycles. The molecule has 2 aliphatic rings. The van der Waals surface area contributed by atoms with Crippen LogP contribution < -0.4 is 0 Å². The molecule has 0 spiro atoms. The van der Waals surface area contributed by atoms with E-state index in [1.165, 1.54) is 11.1 Å². The van der Waals surface area contributed by atoms with Gasteiger partial charge in [0.1, 0.15) is 0 Å². The summed E-state index contributed by atoms with van der Waals surface area (Å²) < 4.78 is 5.32. The van der Waals surface area contributed by atoms with Crippen LogP contribution in [0, 0.1) is 5.92 Å². The first-order valence-electron chi connectivity index (χ1n) is 5.70. The third-order valence-electron chi connectivity index (χ3n) is 3.75. The molecule has 1 aromatic rings. The van der Waals surface area contributed by atoms with E-state index >= 15 is 0 Å². The minimum Gasteiger partial charge on any atom is -0.392 e. The summed E-state index contributed by atoms with van der Waals surface area (Å²) in [6.07, 6.45) is 1.84. The van der Waals surface area contributed by atoms with Crippen molar-refractivity contribution < 1.29 is 9.84 Å². The van der Waals surface area contributed by atoms with Crippen molar-refractivity contribution >= 4 is 0 Å². The predicted octanol–water partition coefficient (Wildman–Crippen LogP) is 1.72. The Kier molecular flexibility index (Phi) is 2.26. The minimum atomic E-state index is -0.206. The maximum Gasteiger partial charge on any atom is 0.0662 e. The van der Waals surface area contributed by atoms with Gasteiger partial charge in [-0.2, -0.15) is 0 Å². The van der Waals surface area contributed by atoms with Crippen molar-refractivity contribution in [2.45, 2.75) is 24.9 Å². The van der Waals surface area contributed by atoms with E-state index in [0.29, 0.717) is 11.8 Å². The summed E-state index contributed by atoms with van der Waals surface area (Å²) >= 11 is 0. The molecule has 1 aromatic carbocycles. The zero-order valence-corrected chi connectivity index (χ0v) is 8.73. The van der Waals surface area contributed by atoms with Crippen LogP contribution in [-0.2, 0) is 11.2 Å². The highest BCUT2D eigenvalue weighted by atomic mass is 16.5. The molecule has 3 atom stereocenters. The third-order valence-corrected chi connectivity index (χ3v) is 3.75.